The fourth-order valence-electron chi connectivity index (χ4n) is 2.27. The average molecular weight is 246 g/mol. The molecule has 0 bridgehead atoms. The maximum absolute atomic E-state index is 8.96. The minimum atomic E-state index is 0.303. The Hall–Kier alpha value is -1.32. The molecule has 1 aromatic heterocycles. The van der Waals surface area contributed by atoms with Crippen LogP contribution < -0.4 is 0 Å². The highest BCUT2D eigenvalue weighted by Gasteiger charge is 2.22. The topological polar surface area (TPSA) is 47.6 Å². The van der Waals surface area contributed by atoms with E-state index in [1.807, 2.05) is 12.1 Å². The van der Waals surface area contributed by atoms with Gasteiger partial charge >= 0.3 is 0 Å². The summed E-state index contributed by atoms with van der Waals surface area (Å²) in [5.41, 5.74) is 0. The van der Waals surface area contributed by atoms with E-state index in [2.05, 4.69) is 26.0 Å². The van der Waals surface area contributed by atoms with Crippen molar-refractivity contribution in [2.45, 2.75) is 45.4 Å². The second-order valence-electron chi connectivity index (χ2n) is 4.24. The first-order valence-corrected chi connectivity index (χ1v) is 6.95. The van der Waals surface area contributed by atoms with Gasteiger partial charge < -0.3 is 0 Å². The molecule has 0 fully saturated rings. The van der Waals surface area contributed by atoms with Crippen molar-refractivity contribution in [3.63, 3.8) is 0 Å². The lowest BCUT2D eigenvalue weighted by molar-refractivity contribution is 0.386. The Morgan fingerprint density at radius 3 is 2.53 bits per heavy atom. The molecular weight excluding hydrogens is 228 g/mol. The molecule has 0 N–H and O–H groups in total. The van der Waals surface area contributed by atoms with Crippen LogP contribution in [0.15, 0.2) is 12.1 Å². The van der Waals surface area contributed by atoms with Gasteiger partial charge in [-0.05, 0) is 18.1 Å². The summed E-state index contributed by atoms with van der Waals surface area (Å²) in [6.45, 7) is 4.37. The fourth-order valence-corrected chi connectivity index (χ4v) is 3.27. The van der Waals surface area contributed by atoms with Gasteiger partial charge in [-0.1, -0.05) is 33.1 Å². The molecule has 0 aliphatic heterocycles. The van der Waals surface area contributed by atoms with Crippen LogP contribution in [-0.2, 0) is 0 Å². The van der Waals surface area contributed by atoms with Gasteiger partial charge in [-0.2, -0.15) is 10.5 Å². The summed E-state index contributed by atoms with van der Waals surface area (Å²) in [5.74, 6) is 0.863. The van der Waals surface area contributed by atoms with Crippen LogP contribution in [0.1, 0.15) is 55.2 Å². The van der Waals surface area contributed by atoms with Crippen LogP contribution in [0.2, 0.25) is 0 Å². The molecule has 1 heterocycles. The third kappa shape index (κ3) is 3.58. The van der Waals surface area contributed by atoms with Crippen molar-refractivity contribution in [2.24, 2.45) is 5.92 Å². The summed E-state index contributed by atoms with van der Waals surface area (Å²) in [6.07, 6.45) is 3.96. The minimum absolute atomic E-state index is 0.303. The van der Waals surface area contributed by atoms with Gasteiger partial charge in [0.1, 0.15) is 10.9 Å². The van der Waals surface area contributed by atoms with Crippen LogP contribution in [0.25, 0.3) is 0 Å². The van der Waals surface area contributed by atoms with Crippen molar-refractivity contribution in [3.8, 4) is 12.1 Å². The Morgan fingerprint density at radius 2 is 2.06 bits per heavy atom. The maximum Gasteiger partial charge on any atom is 0.110 e. The Morgan fingerprint density at radius 1 is 1.29 bits per heavy atom. The lowest BCUT2D eigenvalue weighted by Crippen LogP contribution is -2.10. The van der Waals surface area contributed by atoms with Gasteiger partial charge in [-0.3, -0.25) is 0 Å². The third-order valence-electron chi connectivity index (χ3n) is 3.17. The summed E-state index contributed by atoms with van der Waals surface area (Å²) >= 11 is 1.54. The van der Waals surface area contributed by atoms with Crippen molar-refractivity contribution >= 4 is 11.3 Å². The zero-order valence-corrected chi connectivity index (χ0v) is 11.3. The van der Waals surface area contributed by atoms with Gasteiger partial charge in [0.2, 0.25) is 0 Å². The molecule has 2 atom stereocenters. The SMILES string of the molecule is CCCC(CC)C(CC#N)c1ccc(C#N)s1. The molecule has 3 heteroatoms. The Balaban J connectivity index is 2.91. The number of hydrogen-bond acceptors (Lipinski definition) is 3. The summed E-state index contributed by atoms with van der Waals surface area (Å²) in [6, 6.07) is 8.34. The van der Waals surface area contributed by atoms with Gasteiger partial charge in [0, 0.05) is 17.2 Å². The van der Waals surface area contributed by atoms with Crippen LogP contribution in [-0.4, -0.2) is 0 Å². The van der Waals surface area contributed by atoms with Crippen molar-refractivity contribution in [3.05, 3.63) is 21.9 Å². The molecule has 90 valence electrons. The quantitative estimate of drug-likeness (QED) is 0.744. The zero-order valence-electron chi connectivity index (χ0n) is 10.4. The molecule has 1 rings (SSSR count). The summed E-state index contributed by atoms with van der Waals surface area (Å²) in [5, 5.41) is 17.8. The molecule has 0 spiro atoms. The van der Waals surface area contributed by atoms with Crippen LogP contribution in [0.4, 0.5) is 0 Å². The van der Waals surface area contributed by atoms with E-state index in [9.17, 15) is 0 Å². The maximum atomic E-state index is 8.96. The van der Waals surface area contributed by atoms with Gasteiger partial charge in [-0.25, -0.2) is 0 Å². The summed E-state index contributed by atoms with van der Waals surface area (Å²) in [7, 11) is 0. The van der Waals surface area contributed by atoms with E-state index in [1.165, 1.54) is 16.2 Å². The van der Waals surface area contributed by atoms with E-state index in [0.717, 1.165) is 24.1 Å². The van der Waals surface area contributed by atoms with Gasteiger partial charge in [0.05, 0.1) is 6.07 Å². The fraction of sp³-hybridized carbons (Fsp3) is 0.571. The Labute approximate surface area is 108 Å². The smallest absolute Gasteiger partial charge is 0.110 e. The highest BCUT2D eigenvalue weighted by atomic mass is 32.1. The Kier molecular flexibility index (Phi) is 5.73. The van der Waals surface area contributed by atoms with Crippen LogP contribution in [0, 0.1) is 28.6 Å². The molecule has 2 nitrogen and oxygen atoms in total. The second kappa shape index (κ2) is 7.09. The standard InChI is InChI=1S/C14H18N2S/c1-3-5-11(4-2)13(8-9-15)14-7-6-12(10-16)17-14/h6-7,11,13H,3-5,8H2,1-2H3. The number of thiophene rings is 1. The molecule has 0 aliphatic carbocycles. The third-order valence-corrected chi connectivity index (χ3v) is 4.29. The molecule has 17 heavy (non-hydrogen) atoms. The largest absolute Gasteiger partial charge is 0.198 e. The lowest BCUT2D eigenvalue weighted by atomic mass is 9.83. The number of rotatable bonds is 6. The molecule has 0 saturated carbocycles. The van der Waals surface area contributed by atoms with Gasteiger partial charge in [0.25, 0.3) is 0 Å². The average Bonchev–Trinajstić information content (AvgIpc) is 2.82. The highest BCUT2D eigenvalue weighted by molar-refractivity contribution is 7.12. The van der Waals surface area contributed by atoms with E-state index >= 15 is 0 Å². The molecule has 1 aromatic rings. The Bertz CT molecular complexity index is 422. The molecule has 2 unspecified atom stereocenters. The molecule has 0 saturated heterocycles. The number of nitriles is 2. The van der Waals surface area contributed by atoms with Crippen molar-refractivity contribution in [1.82, 2.24) is 0 Å². The van der Waals surface area contributed by atoms with Crippen LogP contribution in [0.5, 0.6) is 0 Å². The van der Waals surface area contributed by atoms with Gasteiger partial charge in [-0.15, -0.1) is 11.3 Å². The van der Waals surface area contributed by atoms with Crippen molar-refractivity contribution < 1.29 is 0 Å². The number of hydrogen-bond donors (Lipinski definition) is 0. The predicted octanol–water partition coefficient (Wildman–Crippen LogP) is 4.44. The molecule has 0 aromatic carbocycles. The van der Waals surface area contributed by atoms with E-state index in [0.29, 0.717) is 18.3 Å². The first-order chi connectivity index (χ1) is 8.26. The molecule has 0 aliphatic rings. The normalized spacial score (nSPS) is 13.6. The predicted molar refractivity (Wildman–Crippen MR) is 70.7 cm³/mol. The monoisotopic (exact) mass is 246 g/mol. The van der Waals surface area contributed by atoms with Crippen molar-refractivity contribution in [2.75, 3.05) is 0 Å². The highest BCUT2D eigenvalue weighted by Crippen LogP contribution is 2.36. The first-order valence-electron chi connectivity index (χ1n) is 6.13. The minimum Gasteiger partial charge on any atom is -0.198 e. The van der Waals surface area contributed by atoms with E-state index in [4.69, 9.17) is 10.5 Å². The van der Waals surface area contributed by atoms with E-state index in [-0.39, 0.29) is 0 Å². The summed E-state index contributed by atoms with van der Waals surface area (Å²) in [4.78, 5) is 1.94. The second-order valence-corrected chi connectivity index (χ2v) is 5.35. The molecule has 0 amide bonds. The van der Waals surface area contributed by atoms with Crippen LogP contribution >= 0.6 is 11.3 Å². The summed E-state index contributed by atoms with van der Waals surface area (Å²) < 4.78 is 0. The van der Waals surface area contributed by atoms with E-state index < -0.39 is 0 Å². The lowest BCUT2D eigenvalue weighted by Gasteiger charge is -2.22. The number of nitrogens with zero attached hydrogens (tertiary/aromatic N) is 2. The van der Waals surface area contributed by atoms with E-state index in [1.54, 1.807) is 0 Å². The zero-order chi connectivity index (χ0) is 12.7. The van der Waals surface area contributed by atoms with Crippen LogP contribution in [0.3, 0.4) is 0 Å². The molecular formula is C14H18N2S. The molecule has 0 radical (unpaired) electrons. The van der Waals surface area contributed by atoms with Crippen molar-refractivity contribution in [1.29, 1.82) is 10.5 Å². The van der Waals surface area contributed by atoms with Gasteiger partial charge in [0.15, 0.2) is 0 Å². The first kappa shape index (κ1) is 13.7.